The summed E-state index contributed by atoms with van der Waals surface area (Å²) < 4.78 is 1.97. The molecule has 0 spiro atoms. The number of rotatable bonds is 7. The molecule has 0 saturated heterocycles. The minimum atomic E-state index is -0.985. The van der Waals surface area contributed by atoms with E-state index < -0.39 is 12.0 Å². The highest BCUT2D eigenvalue weighted by molar-refractivity contribution is 5.94. The first-order valence-electron chi connectivity index (χ1n) is 12.7. The molecule has 2 aliphatic heterocycles. The molecule has 0 radical (unpaired) electrons. The standard InChI is InChI=1S/C28H28N6O3/c35-26(36)15-24(23-16-30-21-5-1-2-6-22(21)32-23)34-13-12-33-17-18(14-25(33)28(34)37)7-9-20-10-8-19-4-3-11-29-27(19)31-20/h1-2,5-6,8,10,14,16-17,24H,3-4,7,9,11-13,15H2,(H,29,31)(H,35,36). The maximum absolute atomic E-state index is 13.6. The average molecular weight is 497 g/mol. The van der Waals surface area contributed by atoms with Gasteiger partial charge in [-0.2, -0.15) is 0 Å². The van der Waals surface area contributed by atoms with Crippen molar-refractivity contribution in [2.45, 2.75) is 44.7 Å². The van der Waals surface area contributed by atoms with Crippen molar-refractivity contribution in [3.05, 3.63) is 83.1 Å². The molecule has 4 aromatic rings. The summed E-state index contributed by atoms with van der Waals surface area (Å²) in [5.41, 5.74) is 5.84. The first-order chi connectivity index (χ1) is 18.0. The Morgan fingerprint density at radius 3 is 2.81 bits per heavy atom. The molecule has 1 unspecified atom stereocenters. The lowest BCUT2D eigenvalue weighted by Gasteiger charge is -2.34. The molecule has 0 aliphatic carbocycles. The summed E-state index contributed by atoms with van der Waals surface area (Å²) in [5.74, 6) is -0.178. The lowest BCUT2D eigenvalue weighted by Crippen LogP contribution is -2.43. The quantitative estimate of drug-likeness (QED) is 0.402. The lowest BCUT2D eigenvalue weighted by molar-refractivity contribution is -0.138. The van der Waals surface area contributed by atoms with Crippen LogP contribution >= 0.6 is 0 Å². The second kappa shape index (κ2) is 9.65. The summed E-state index contributed by atoms with van der Waals surface area (Å²) in [6.07, 6.45) is 7.14. The van der Waals surface area contributed by atoms with E-state index in [1.54, 1.807) is 11.1 Å². The molecule has 0 fully saturated rings. The van der Waals surface area contributed by atoms with Crippen molar-refractivity contribution in [3.8, 4) is 0 Å². The monoisotopic (exact) mass is 496 g/mol. The van der Waals surface area contributed by atoms with Crippen LogP contribution in [0.15, 0.2) is 54.9 Å². The van der Waals surface area contributed by atoms with E-state index in [0.29, 0.717) is 30.0 Å². The van der Waals surface area contributed by atoms with Crippen molar-refractivity contribution in [1.29, 1.82) is 0 Å². The zero-order valence-electron chi connectivity index (χ0n) is 20.4. The largest absolute Gasteiger partial charge is 0.481 e. The van der Waals surface area contributed by atoms with Crippen molar-refractivity contribution < 1.29 is 14.7 Å². The normalized spacial score (nSPS) is 15.7. The van der Waals surface area contributed by atoms with Crippen LogP contribution in [0.1, 0.15) is 51.9 Å². The number of hydrogen-bond acceptors (Lipinski definition) is 6. The second-order valence-electron chi connectivity index (χ2n) is 9.66. The van der Waals surface area contributed by atoms with Gasteiger partial charge in [0.15, 0.2) is 0 Å². The minimum Gasteiger partial charge on any atom is -0.481 e. The average Bonchev–Trinajstić information content (AvgIpc) is 3.35. The van der Waals surface area contributed by atoms with Crippen LogP contribution in [-0.2, 0) is 30.6 Å². The van der Waals surface area contributed by atoms with E-state index in [1.807, 2.05) is 41.1 Å². The van der Waals surface area contributed by atoms with Crippen molar-refractivity contribution >= 4 is 28.7 Å². The summed E-state index contributed by atoms with van der Waals surface area (Å²) in [6, 6.07) is 12.9. The van der Waals surface area contributed by atoms with E-state index in [1.165, 1.54) is 5.56 Å². The van der Waals surface area contributed by atoms with Gasteiger partial charge in [-0.3, -0.25) is 14.6 Å². The highest BCUT2D eigenvalue weighted by atomic mass is 16.4. The third-order valence-electron chi connectivity index (χ3n) is 7.19. The minimum absolute atomic E-state index is 0.185. The number of carbonyl (C=O) groups is 2. The van der Waals surface area contributed by atoms with Crippen LogP contribution in [0.2, 0.25) is 0 Å². The highest BCUT2D eigenvalue weighted by Gasteiger charge is 2.34. The Morgan fingerprint density at radius 1 is 1.08 bits per heavy atom. The zero-order valence-corrected chi connectivity index (χ0v) is 20.4. The zero-order chi connectivity index (χ0) is 25.4. The third kappa shape index (κ3) is 4.64. The molecule has 2 aliphatic rings. The summed E-state index contributed by atoms with van der Waals surface area (Å²) in [6.45, 7) is 1.96. The summed E-state index contributed by atoms with van der Waals surface area (Å²) in [7, 11) is 0. The maximum atomic E-state index is 13.6. The van der Waals surface area contributed by atoms with Crippen LogP contribution in [0.5, 0.6) is 0 Å². The Kier molecular flexibility index (Phi) is 6.04. The van der Waals surface area contributed by atoms with Crippen molar-refractivity contribution in [2.75, 3.05) is 18.4 Å². The lowest BCUT2D eigenvalue weighted by atomic mass is 10.0. The molecule has 37 heavy (non-hydrogen) atoms. The molecule has 0 bridgehead atoms. The molecular weight excluding hydrogens is 468 g/mol. The van der Waals surface area contributed by atoms with E-state index in [-0.39, 0.29) is 12.3 Å². The molecule has 6 rings (SSSR count). The number of nitrogens with zero attached hydrogens (tertiary/aromatic N) is 5. The number of anilines is 1. The first kappa shape index (κ1) is 23.1. The fraction of sp³-hybridized carbons (Fsp3) is 0.321. The summed E-state index contributed by atoms with van der Waals surface area (Å²) >= 11 is 0. The van der Waals surface area contributed by atoms with Gasteiger partial charge in [-0.1, -0.05) is 18.2 Å². The topological polar surface area (TPSA) is 113 Å². The van der Waals surface area contributed by atoms with Gasteiger partial charge < -0.3 is 19.9 Å². The molecule has 1 atom stereocenters. The molecule has 1 amide bonds. The van der Waals surface area contributed by atoms with Crippen LogP contribution in [0, 0.1) is 0 Å². The maximum Gasteiger partial charge on any atom is 0.305 e. The molecule has 188 valence electrons. The van der Waals surface area contributed by atoms with Crippen molar-refractivity contribution in [3.63, 3.8) is 0 Å². The van der Waals surface area contributed by atoms with Gasteiger partial charge in [0.1, 0.15) is 11.5 Å². The molecule has 9 nitrogen and oxygen atoms in total. The fourth-order valence-corrected chi connectivity index (χ4v) is 5.29. The number of fused-ring (bicyclic) bond motifs is 3. The number of aryl methyl sites for hydroxylation is 3. The van der Waals surface area contributed by atoms with Gasteiger partial charge in [-0.25, -0.2) is 9.97 Å². The van der Waals surface area contributed by atoms with Gasteiger partial charge >= 0.3 is 5.97 Å². The second-order valence-corrected chi connectivity index (χ2v) is 9.66. The van der Waals surface area contributed by atoms with E-state index in [9.17, 15) is 14.7 Å². The van der Waals surface area contributed by atoms with Gasteiger partial charge in [0, 0.05) is 31.5 Å². The van der Waals surface area contributed by atoms with Crippen molar-refractivity contribution in [2.24, 2.45) is 0 Å². The van der Waals surface area contributed by atoms with Crippen LogP contribution in [0.25, 0.3) is 11.0 Å². The van der Waals surface area contributed by atoms with Crippen LogP contribution in [0.4, 0.5) is 5.82 Å². The van der Waals surface area contributed by atoms with Gasteiger partial charge in [0.25, 0.3) is 5.91 Å². The van der Waals surface area contributed by atoms with E-state index in [2.05, 4.69) is 27.4 Å². The number of aliphatic carboxylic acids is 1. The molecular formula is C28H28N6O3. The van der Waals surface area contributed by atoms with Gasteiger partial charge in [-0.15, -0.1) is 0 Å². The number of carboxylic acids is 1. The number of carbonyl (C=O) groups excluding carboxylic acids is 1. The number of nitrogens with one attached hydrogen (secondary N) is 1. The van der Waals surface area contributed by atoms with E-state index >= 15 is 0 Å². The molecule has 1 aromatic carbocycles. The van der Waals surface area contributed by atoms with Crippen LogP contribution in [0.3, 0.4) is 0 Å². The molecule has 5 heterocycles. The Morgan fingerprint density at radius 2 is 1.95 bits per heavy atom. The van der Waals surface area contributed by atoms with Gasteiger partial charge in [-0.05, 0) is 61.1 Å². The summed E-state index contributed by atoms with van der Waals surface area (Å²) in [4.78, 5) is 40.8. The number of hydrogen-bond donors (Lipinski definition) is 2. The number of amides is 1. The SMILES string of the molecule is O=C(O)CC(c1cnc2ccccc2n1)N1CCn2cc(CCc3ccc4c(n3)NCCC4)cc2C1=O. The number of aromatic nitrogens is 4. The smallest absolute Gasteiger partial charge is 0.305 e. The fourth-order valence-electron chi connectivity index (χ4n) is 5.29. The number of pyridine rings is 1. The predicted molar refractivity (Wildman–Crippen MR) is 138 cm³/mol. The van der Waals surface area contributed by atoms with E-state index in [4.69, 9.17) is 4.98 Å². The third-order valence-corrected chi connectivity index (χ3v) is 7.19. The summed E-state index contributed by atoms with van der Waals surface area (Å²) in [5, 5.41) is 13.0. The first-order valence-corrected chi connectivity index (χ1v) is 12.7. The van der Waals surface area contributed by atoms with Gasteiger partial charge in [0.2, 0.25) is 0 Å². The number of benzene rings is 1. The van der Waals surface area contributed by atoms with Crippen molar-refractivity contribution in [1.82, 2.24) is 24.4 Å². The molecule has 0 saturated carbocycles. The molecule has 2 N–H and O–H groups in total. The Hall–Kier alpha value is -4.27. The van der Waals surface area contributed by atoms with Crippen LogP contribution < -0.4 is 5.32 Å². The Labute approximate surface area is 214 Å². The van der Waals surface area contributed by atoms with E-state index in [0.717, 1.165) is 54.8 Å². The Bertz CT molecular complexity index is 1500. The number of para-hydroxylation sites is 2. The highest BCUT2D eigenvalue weighted by Crippen LogP contribution is 2.29. The Balaban J connectivity index is 1.22. The van der Waals surface area contributed by atoms with Crippen LogP contribution in [-0.4, -0.2) is 54.5 Å². The number of carboxylic acid groups (broad SMARTS) is 1. The predicted octanol–water partition coefficient (Wildman–Crippen LogP) is 3.64. The molecule has 9 heteroatoms. The molecule has 3 aromatic heterocycles. The van der Waals surface area contributed by atoms with Gasteiger partial charge in [0.05, 0.1) is 35.4 Å².